The molecule has 1 unspecified atom stereocenters. The van der Waals surface area contributed by atoms with Crippen LogP contribution in [0.15, 0.2) is 29.2 Å². The van der Waals surface area contributed by atoms with Crippen molar-refractivity contribution in [1.82, 2.24) is 0 Å². The topological polar surface area (TPSA) is 109 Å². The van der Waals surface area contributed by atoms with Crippen LogP contribution in [0.25, 0.3) is 0 Å². The SMILES string of the molecule is NC(=O)C(O)CNc1ccc(S(=O)(=O)C(F)(F)F)cc1. The van der Waals surface area contributed by atoms with Gasteiger partial charge in [0.2, 0.25) is 5.91 Å². The number of halogens is 3. The number of alkyl halides is 3. The summed E-state index contributed by atoms with van der Waals surface area (Å²) >= 11 is 0. The monoisotopic (exact) mass is 312 g/mol. The first-order chi connectivity index (χ1) is 9.05. The Kier molecular flexibility index (Phi) is 4.61. The fraction of sp³-hybridized carbons (Fsp3) is 0.300. The molecule has 1 aromatic carbocycles. The van der Waals surface area contributed by atoms with Crippen LogP contribution in [0.3, 0.4) is 0 Å². The summed E-state index contributed by atoms with van der Waals surface area (Å²) in [5.41, 5.74) is -0.347. The highest BCUT2D eigenvalue weighted by Gasteiger charge is 2.46. The van der Waals surface area contributed by atoms with E-state index >= 15 is 0 Å². The van der Waals surface area contributed by atoms with Gasteiger partial charge in [0, 0.05) is 12.2 Å². The molecule has 1 rings (SSSR count). The number of anilines is 1. The summed E-state index contributed by atoms with van der Waals surface area (Å²) in [6.07, 6.45) is -1.46. The molecule has 0 aromatic heterocycles. The van der Waals surface area contributed by atoms with E-state index < -0.39 is 32.3 Å². The van der Waals surface area contributed by atoms with Crippen molar-refractivity contribution in [2.45, 2.75) is 16.5 Å². The molecule has 1 aromatic rings. The lowest BCUT2D eigenvalue weighted by atomic mass is 10.3. The first kappa shape index (κ1) is 16.2. The Morgan fingerprint density at radius 2 is 1.80 bits per heavy atom. The molecule has 4 N–H and O–H groups in total. The summed E-state index contributed by atoms with van der Waals surface area (Å²) in [4.78, 5) is 9.65. The van der Waals surface area contributed by atoms with Crippen LogP contribution in [0, 0.1) is 0 Å². The van der Waals surface area contributed by atoms with E-state index in [1.807, 2.05) is 0 Å². The quantitative estimate of drug-likeness (QED) is 0.721. The van der Waals surface area contributed by atoms with Gasteiger partial charge in [-0.05, 0) is 24.3 Å². The molecule has 0 fully saturated rings. The number of carbonyl (C=O) groups is 1. The molecule has 1 atom stereocenters. The summed E-state index contributed by atoms with van der Waals surface area (Å²) in [6.45, 7) is -0.249. The molecule has 20 heavy (non-hydrogen) atoms. The zero-order valence-corrected chi connectivity index (χ0v) is 10.7. The van der Waals surface area contributed by atoms with Gasteiger partial charge >= 0.3 is 5.51 Å². The number of aliphatic hydroxyl groups excluding tert-OH is 1. The number of hydrogen-bond acceptors (Lipinski definition) is 5. The number of nitrogens with one attached hydrogen (secondary N) is 1. The minimum absolute atomic E-state index is 0.228. The maximum atomic E-state index is 12.3. The van der Waals surface area contributed by atoms with Crippen LogP contribution in [0.4, 0.5) is 18.9 Å². The molecule has 0 radical (unpaired) electrons. The van der Waals surface area contributed by atoms with Crippen molar-refractivity contribution in [2.75, 3.05) is 11.9 Å². The molecule has 10 heteroatoms. The Morgan fingerprint density at radius 3 is 2.20 bits per heavy atom. The van der Waals surface area contributed by atoms with Crippen LogP contribution in [0.1, 0.15) is 0 Å². The summed E-state index contributed by atoms with van der Waals surface area (Å²) in [5, 5.41) is 11.6. The van der Waals surface area contributed by atoms with Gasteiger partial charge in [-0.15, -0.1) is 0 Å². The van der Waals surface area contributed by atoms with E-state index in [9.17, 15) is 26.4 Å². The number of hydrogen-bond donors (Lipinski definition) is 3. The van der Waals surface area contributed by atoms with Gasteiger partial charge in [0.15, 0.2) is 0 Å². The second kappa shape index (κ2) is 5.67. The highest BCUT2D eigenvalue weighted by Crippen LogP contribution is 2.30. The van der Waals surface area contributed by atoms with Gasteiger partial charge in [0.05, 0.1) is 4.90 Å². The number of amides is 1. The second-order valence-electron chi connectivity index (χ2n) is 3.77. The summed E-state index contributed by atoms with van der Waals surface area (Å²) in [6, 6.07) is 3.68. The van der Waals surface area contributed by atoms with Gasteiger partial charge < -0.3 is 16.2 Å². The average molecular weight is 312 g/mol. The molecule has 0 saturated heterocycles. The van der Waals surface area contributed by atoms with Crippen LogP contribution in [0.2, 0.25) is 0 Å². The largest absolute Gasteiger partial charge is 0.501 e. The van der Waals surface area contributed by atoms with Gasteiger partial charge in [0.1, 0.15) is 6.10 Å². The number of nitrogens with two attached hydrogens (primary N) is 1. The minimum atomic E-state index is -5.39. The molecule has 112 valence electrons. The molecule has 0 bridgehead atoms. The van der Waals surface area contributed by atoms with E-state index in [-0.39, 0.29) is 12.2 Å². The molecule has 0 spiro atoms. The van der Waals surface area contributed by atoms with Gasteiger partial charge in [-0.1, -0.05) is 0 Å². The third kappa shape index (κ3) is 3.61. The van der Waals surface area contributed by atoms with Gasteiger partial charge in [0.25, 0.3) is 9.84 Å². The Hall–Kier alpha value is -1.81. The third-order valence-electron chi connectivity index (χ3n) is 2.30. The van der Waals surface area contributed by atoms with Crippen molar-refractivity contribution < 1.29 is 31.5 Å². The third-order valence-corrected chi connectivity index (χ3v) is 3.80. The predicted octanol–water partition coefficient (Wildman–Crippen LogP) is 0.238. The smallest absolute Gasteiger partial charge is 0.382 e. The van der Waals surface area contributed by atoms with E-state index in [1.165, 1.54) is 0 Å². The summed E-state index contributed by atoms with van der Waals surface area (Å²) in [7, 11) is -5.39. The molecule has 0 saturated carbocycles. The van der Waals surface area contributed by atoms with Crippen molar-refractivity contribution in [1.29, 1.82) is 0 Å². The molecule has 1 amide bonds. The first-order valence-electron chi connectivity index (χ1n) is 5.18. The van der Waals surface area contributed by atoms with E-state index in [0.717, 1.165) is 24.3 Å². The molecule has 6 nitrogen and oxygen atoms in total. The number of primary amides is 1. The van der Waals surface area contributed by atoms with Crippen LogP contribution in [0.5, 0.6) is 0 Å². The lowest BCUT2D eigenvalue weighted by molar-refractivity contribution is -0.125. The molecule has 0 aliphatic heterocycles. The number of benzene rings is 1. The second-order valence-corrected chi connectivity index (χ2v) is 5.71. The zero-order chi connectivity index (χ0) is 15.6. The van der Waals surface area contributed by atoms with Crippen molar-refractivity contribution in [3.05, 3.63) is 24.3 Å². The number of sulfone groups is 1. The van der Waals surface area contributed by atoms with Crippen LogP contribution in [-0.2, 0) is 14.6 Å². The lowest BCUT2D eigenvalue weighted by Crippen LogP contribution is -2.34. The Bertz CT molecular complexity index is 584. The average Bonchev–Trinajstić information content (AvgIpc) is 2.34. The highest BCUT2D eigenvalue weighted by atomic mass is 32.2. The van der Waals surface area contributed by atoms with E-state index in [0.29, 0.717) is 0 Å². The van der Waals surface area contributed by atoms with Crippen LogP contribution >= 0.6 is 0 Å². The molecule has 0 aliphatic carbocycles. The molecule has 0 heterocycles. The van der Waals surface area contributed by atoms with Crippen molar-refractivity contribution in [3.63, 3.8) is 0 Å². The maximum absolute atomic E-state index is 12.3. The normalized spacial score (nSPS) is 13.8. The lowest BCUT2D eigenvalue weighted by Gasteiger charge is -2.11. The van der Waals surface area contributed by atoms with E-state index in [4.69, 9.17) is 10.8 Å². The fourth-order valence-corrected chi connectivity index (χ4v) is 1.96. The predicted molar refractivity (Wildman–Crippen MR) is 63.4 cm³/mol. The Balaban J connectivity index is 2.83. The fourth-order valence-electron chi connectivity index (χ4n) is 1.20. The van der Waals surface area contributed by atoms with E-state index in [2.05, 4.69) is 5.32 Å². The van der Waals surface area contributed by atoms with Crippen molar-refractivity contribution in [2.24, 2.45) is 5.73 Å². The molecule has 0 aliphatic rings. The van der Waals surface area contributed by atoms with Gasteiger partial charge in [-0.25, -0.2) is 8.42 Å². The van der Waals surface area contributed by atoms with Crippen LogP contribution in [-0.4, -0.2) is 37.6 Å². The summed E-state index contributed by atoms with van der Waals surface area (Å²) in [5.74, 6) is -0.964. The van der Waals surface area contributed by atoms with Gasteiger partial charge in [-0.3, -0.25) is 4.79 Å². The molecular weight excluding hydrogens is 301 g/mol. The number of aliphatic hydroxyl groups is 1. The maximum Gasteiger partial charge on any atom is 0.501 e. The van der Waals surface area contributed by atoms with Gasteiger partial charge in [-0.2, -0.15) is 13.2 Å². The standard InChI is InChI=1S/C10H11F3N2O4S/c11-10(12,13)20(18,19)7-3-1-6(2-4-7)15-5-8(16)9(14)17/h1-4,8,15-16H,5H2,(H2,14,17). The summed E-state index contributed by atoms with van der Waals surface area (Å²) < 4.78 is 59.0. The minimum Gasteiger partial charge on any atom is -0.382 e. The molecular formula is C10H11F3N2O4S. The highest BCUT2D eigenvalue weighted by molar-refractivity contribution is 7.92. The number of carbonyl (C=O) groups excluding carboxylic acids is 1. The zero-order valence-electron chi connectivity index (χ0n) is 9.89. The van der Waals surface area contributed by atoms with Crippen molar-refractivity contribution >= 4 is 21.4 Å². The Labute approximate surface area is 112 Å². The number of rotatable bonds is 5. The van der Waals surface area contributed by atoms with Crippen molar-refractivity contribution in [3.8, 4) is 0 Å². The van der Waals surface area contributed by atoms with Crippen LogP contribution < -0.4 is 11.1 Å². The van der Waals surface area contributed by atoms with E-state index in [1.54, 1.807) is 0 Å². The first-order valence-corrected chi connectivity index (χ1v) is 6.66. The Morgan fingerprint density at radius 1 is 1.30 bits per heavy atom.